The number of benzene rings is 2. The Balaban J connectivity index is 2.05. The van der Waals surface area contributed by atoms with Gasteiger partial charge in [0, 0.05) is 11.3 Å². The van der Waals surface area contributed by atoms with Crippen LogP contribution in [0.5, 0.6) is 17.2 Å². The first kappa shape index (κ1) is 19.8. The van der Waals surface area contributed by atoms with Gasteiger partial charge in [0.2, 0.25) is 5.75 Å². The summed E-state index contributed by atoms with van der Waals surface area (Å²) < 4.78 is 15.8. The molecule has 0 radical (unpaired) electrons. The van der Waals surface area contributed by atoms with Crippen molar-refractivity contribution in [2.24, 2.45) is 5.10 Å². The monoisotopic (exact) mass is 371 g/mol. The molecule has 142 valence electrons. The van der Waals surface area contributed by atoms with Gasteiger partial charge in [-0.05, 0) is 31.2 Å². The fourth-order valence-corrected chi connectivity index (χ4v) is 2.26. The molecule has 0 bridgehead atoms. The van der Waals surface area contributed by atoms with Crippen molar-refractivity contribution >= 4 is 23.7 Å². The summed E-state index contributed by atoms with van der Waals surface area (Å²) in [6.45, 7) is 1.93. The van der Waals surface area contributed by atoms with Crippen molar-refractivity contribution in [3.63, 3.8) is 0 Å². The fraction of sp³-hybridized carbons (Fsp3) is 0.211. The van der Waals surface area contributed by atoms with E-state index in [-0.39, 0.29) is 0 Å². The summed E-state index contributed by atoms with van der Waals surface area (Å²) in [7, 11) is 4.47. The Bertz CT molecular complexity index is 847. The Kier molecular flexibility index (Phi) is 6.76. The second-order valence-electron chi connectivity index (χ2n) is 5.44. The van der Waals surface area contributed by atoms with Gasteiger partial charge in [-0.1, -0.05) is 17.7 Å². The molecule has 2 rings (SSSR count). The molecule has 27 heavy (non-hydrogen) atoms. The molecule has 0 aliphatic carbocycles. The average Bonchev–Trinajstić information content (AvgIpc) is 2.68. The van der Waals surface area contributed by atoms with Crippen molar-refractivity contribution in [1.29, 1.82) is 0 Å². The number of methoxy groups -OCH3 is 3. The molecule has 2 N–H and O–H groups in total. The first-order valence-corrected chi connectivity index (χ1v) is 8.00. The zero-order valence-corrected chi connectivity index (χ0v) is 15.5. The Morgan fingerprint density at radius 2 is 1.56 bits per heavy atom. The molecule has 0 aliphatic heterocycles. The van der Waals surface area contributed by atoms with Crippen LogP contribution in [0, 0.1) is 6.92 Å². The van der Waals surface area contributed by atoms with Gasteiger partial charge in [0.1, 0.15) is 0 Å². The summed E-state index contributed by atoms with van der Waals surface area (Å²) in [5, 5.41) is 6.28. The van der Waals surface area contributed by atoms with Gasteiger partial charge in [-0.2, -0.15) is 5.10 Å². The van der Waals surface area contributed by atoms with Crippen LogP contribution in [0.3, 0.4) is 0 Å². The highest BCUT2D eigenvalue weighted by Gasteiger charge is 2.15. The lowest BCUT2D eigenvalue weighted by molar-refractivity contribution is -0.136. The molecule has 0 aromatic heterocycles. The number of aryl methyl sites for hydroxylation is 1. The van der Waals surface area contributed by atoms with Crippen molar-refractivity contribution in [3.8, 4) is 17.2 Å². The van der Waals surface area contributed by atoms with Gasteiger partial charge in [0.25, 0.3) is 0 Å². The highest BCUT2D eigenvalue weighted by atomic mass is 16.5. The maximum atomic E-state index is 11.9. The van der Waals surface area contributed by atoms with E-state index >= 15 is 0 Å². The van der Waals surface area contributed by atoms with Crippen molar-refractivity contribution in [3.05, 3.63) is 47.5 Å². The molecule has 2 aromatic rings. The van der Waals surface area contributed by atoms with Crippen molar-refractivity contribution in [1.82, 2.24) is 5.43 Å². The third-order valence-corrected chi connectivity index (χ3v) is 3.62. The van der Waals surface area contributed by atoms with E-state index in [0.717, 1.165) is 5.56 Å². The Morgan fingerprint density at radius 1 is 0.889 bits per heavy atom. The number of hydrazone groups is 1. The van der Waals surface area contributed by atoms with Crippen LogP contribution < -0.4 is 25.0 Å². The van der Waals surface area contributed by atoms with E-state index in [9.17, 15) is 9.59 Å². The van der Waals surface area contributed by atoms with Crippen LogP contribution in [0.15, 0.2) is 41.5 Å². The Morgan fingerprint density at radius 3 is 2.15 bits per heavy atom. The lowest BCUT2D eigenvalue weighted by atomic mass is 10.2. The molecule has 0 saturated heterocycles. The second kappa shape index (κ2) is 9.23. The van der Waals surface area contributed by atoms with Gasteiger partial charge >= 0.3 is 11.8 Å². The second-order valence-corrected chi connectivity index (χ2v) is 5.44. The van der Waals surface area contributed by atoms with Gasteiger partial charge in [-0.25, -0.2) is 5.43 Å². The van der Waals surface area contributed by atoms with Crippen LogP contribution in [-0.2, 0) is 9.59 Å². The van der Waals surface area contributed by atoms with E-state index in [1.54, 1.807) is 24.3 Å². The number of ether oxygens (including phenoxy) is 3. The number of hydrogen-bond donors (Lipinski definition) is 2. The predicted molar refractivity (Wildman–Crippen MR) is 102 cm³/mol. The van der Waals surface area contributed by atoms with Crippen LogP contribution in [0.25, 0.3) is 0 Å². The van der Waals surface area contributed by atoms with E-state index in [2.05, 4.69) is 15.8 Å². The van der Waals surface area contributed by atoms with Crippen molar-refractivity contribution in [2.45, 2.75) is 6.92 Å². The predicted octanol–water partition coefficient (Wildman–Crippen LogP) is 2.11. The summed E-state index contributed by atoms with van der Waals surface area (Å²) >= 11 is 0. The minimum atomic E-state index is -0.897. The fourth-order valence-electron chi connectivity index (χ4n) is 2.26. The van der Waals surface area contributed by atoms with Gasteiger partial charge in [-0.3, -0.25) is 9.59 Å². The summed E-state index contributed by atoms with van der Waals surface area (Å²) in [4.78, 5) is 23.8. The van der Waals surface area contributed by atoms with Crippen molar-refractivity contribution < 1.29 is 23.8 Å². The highest BCUT2D eigenvalue weighted by molar-refractivity contribution is 6.39. The summed E-state index contributed by atoms with van der Waals surface area (Å²) in [5.74, 6) is -0.444. The van der Waals surface area contributed by atoms with E-state index in [0.29, 0.717) is 28.5 Å². The van der Waals surface area contributed by atoms with Crippen molar-refractivity contribution in [2.75, 3.05) is 26.6 Å². The lowest BCUT2D eigenvalue weighted by Crippen LogP contribution is -2.32. The van der Waals surface area contributed by atoms with Gasteiger partial charge in [0.05, 0.1) is 27.5 Å². The first-order valence-electron chi connectivity index (χ1n) is 8.00. The molecule has 0 saturated carbocycles. The number of anilines is 1. The van der Waals surface area contributed by atoms with Crippen LogP contribution in [0.4, 0.5) is 5.69 Å². The summed E-state index contributed by atoms with van der Waals surface area (Å²) in [6.07, 6.45) is 1.35. The zero-order chi connectivity index (χ0) is 19.8. The standard InChI is InChI=1S/C19H21N3O5/c1-12-5-8-14(9-6-12)21-18(23)19(24)22-20-11-13-7-10-15(25-2)17(27-4)16(13)26-3/h5-11H,1-4H3,(H,21,23)(H,22,24)/b20-11+. The Labute approximate surface area is 157 Å². The number of carbonyl (C=O) groups is 2. The third-order valence-electron chi connectivity index (χ3n) is 3.62. The lowest BCUT2D eigenvalue weighted by Gasteiger charge is -2.13. The molecule has 0 atom stereocenters. The third kappa shape index (κ3) is 4.97. The number of nitrogens with one attached hydrogen (secondary N) is 2. The molecule has 0 aliphatic rings. The minimum absolute atomic E-state index is 0.388. The highest BCUT2D eigenvalue weighted by Crippen LogP contribution is 2.38. The summed E-state index contributed by atoms with van der Waals surface area (Å²) in [6, 6.07) is 10.4. The topological polar surface area (TPSA) is 98.2 Å². The molecule has 0 heterocycles. The smallest absolute Gasteiger partial charge is 0.329 e. The summed E-state index contributed by atoms with van der Waals surface area (Å²) in [5.41, 5.74) is 4.27. The van der Waals surface area contributed by atoms with Crippen LogP contribution >= 0.6 is 0 Å². The molecular formula is C19H21N3O5. The molecular weight excluding hydrogens is 350 g/mol. The molecule has 0 spiro atoms. The molecule has 8 heteroatoms. The molecule has 8 nitrogen and oxygen atoms in total. The number of rotatable bonds is 6. The van der Waals surface area contributed by atoms with E-state index in [1.807, 2.05) is 19.1 Å². The van der Waals surface area contributed by atoms with Gasteiger partial charge < -0.3 is 19.5 Å². The molecule has 2 aromatic carbocycles. The molecule has 0 unspecified atom stereocenters. The largest absolute Gasteiger partial charge is 0.493 e. The van der Waals surface area contributed by atoms with E-state index in [4.69, 9.17) is 14.2 Å². The molecule has 0 fully saturated rings. The quantitative estimate of drug-likeness (QED) is 0.460. The van der Waals surface area contributed by atoms with E-state index < -0.39 is 11.8 Å². The minimum Gasteiger partial charge on any atom is -0.493 e. The number of nitrogens with zero attached hydrogens (tertiary/aromatic N) is 1. The normalized spacial score (nSPS) is 10.4. The first-order chi connectivity index (χ1) is 13.0. The number of amides is 2. The van der Waals surface area contributed by atoms with Crippen LogP contribution in [0.1, 0.15) is 11.1 Å². The Hall–Kier alpha value is -3.55. The zero-order valence-electron chi connectivity index (χ0n) is 15.5. The maximum Gasteiger partial charge on any atom is 0.329 e. The molecule has 2 amide bonds. The average molecular weight is 371 g/mol. The van der Waals surface area contributed by atoms with Crippen LogP contribution in [-0.4, -0.2) is 39.4 Å². The van der Waals surface area contributed by atoms with E-state index in [1.165, 1.54) is 27.5 Å². The maximum absolute atomic E-state index is 11.9. The number of carbonyl (C=O) groups excluding carboxylic acids is 2. The van der Waals surface area contributed by atoms with Gasteiger partial charge in [-0.15, -0.1) is 0 Å². The SMILES string of the molecule is COc1ccc(/C=N/NC(=O)C(=O)Nc2ccc(C)cc2)c(OC)c1OC. The van der Waals surface area contributed by atoms with Gasteiger partial charge in [0.15, 0.2) is 11.5 Å². The number of hydrogen-bond acceptors (Lipinski definition) is 6. The van der Waals surface area contributed by atoms with Crippen LogP contribution in [0.2, 0.25) is 0 Å².